The molecule has 0 amide bonds. The minimum Gasteiger partial charge on any atom is -0.305 e. The van der Waals surface area contributed by atoms with E-state index >= 15 is 0 Å². The van der Waals surface area contributed by atoms with Crippen LogP contribution in [0.2, 0.25) is 10.0 Å². The molecule has 130 valence electrons. The van der Waals surface area contributed by atoms with Crippen molar-refractivity contribution in [3.63, 3.8) is 0 Å². The molecule has 7 heteroatoms. The van der Waals surface area contributed by atoms with Crippen LogP contribution in [0.4, 0.5) is 0 Å². The Hall–Kier alpha value is -2.13. The zero-order chi connectivity index (χ0) is 18.3. The first-order chi connectivity index (χ1) is 12.6. The molecule has 0 spiro atoms. The Kier molecular flexibility index (Phi) is 4.58. The van der Waals surface area contributed by atoms with Gasteiger partial charge in [-0.3, -0.25) is 4.79 Å². The Morgan fingerprint density at radius 2 is 2.12 bits per heavy atom. The number of nitriles is 1. The van der Waals surface area contributed by atoms with Crippen LogP contribution in [0, 0.1) is 11.3 Å². The van der Waals surface area contributed by atoms with Crippen LogP contribution in [-0.2, 0) is 12.8 Å². The second kappa shape index (κ2) is 6.88. The third-order valence-electron chi connectivity index (χ3n) is 4.48. The Labute approximate surface area is 163 Å². The molecule has 26 heavy (non-hydrogen) atoms. The molecule has 2 heterocycles. The Morgan fingerprint density at radius 3 is 2.92 bits per heavy atom. The number of rotatable bonds is 2. The molecular formula is C19H13Cl2N3OS. The van der Waals surface area contributed by atoms with Gasteiger partial charge in [0.15, 0.2) is 5.82 Å². The molecule has 0 atom stereocenters. The van der Waals surface area contributed by atoms with E-state index < -0.39 is 0 Å². The second-order valence-corrected chi connectivity index (χ2v) is 7.99. The number of nitrogens with zero attached hydrogens (tertiary/aromatic N) is 2. The number of hydrogen-bond acceptors (Lipinski definition) is 4. The maximum atomic E-state index is 12.7. The molecule has 1 aromatic carbocycles. The first kappa shape index (κ1) is 17.3. The van der Waals surface area contributed by atoms with Crippen molar-refractivity contribution < 1.29 is 0 Å². The zero-order valence-electron chi connectivity index (χ0n) is 13.6. The van der Waals surface area contributed by atoms with Crippen LogP contribution in [0.3, 0.4) is 0 Å². The van der Waals surface area contributed by atoms with E-state index in [2.05, 4.69) is 16.0 Å². The van der Waals surface area contributed by atoms with Gasteiger partial charge in [0.2, 0.25) is 0 Å². The summed E-state index contributed by atoms with van der Waals surface area (Å²) in [6.45, 7) is 0. The van der Waals surface area contributed by atoms with Gasteiger partial charge in [-0.05, 0) is 49.0 Å². The van der Waals surface area contributed by atoms with Crippen molar-refractivity contribution in [2.45, 2.75) is 25.7 Å². The third kappa shape index (κ3) is 2.95. The quantitative estimate of drug-likeness (QED) is 0.597. The molecule has 0 saturated carbocycles. The van der Waals surface area contributed by atoms with Crippen molar-refractivity contribution in [1.29, 1.82) is 5.26 Å². The summed E-state index contributed by atoms with van der Waals surface area (Å²) >= 11 is 13.8. The minimum atomic E-state index is -0.192. The Bertz CT molecular complexity index is 1150. The number of H-pyrrole nitrogens is 1. The predicted octanol–water partition coefficient (Wildman–Crippen LogP) is 5.23. The average molecular weight is 402 g/mol. The molecule has 2 aromatic heterocycles. The van der Waals surface area contributed by atoms with Crippen LogP contribution in [0.15, 0.2) is 23.0 Å². The van der Waals surface area contributed by atoms with Crippen molar-refractivity contribution in [2.75, 3.05) is 0 Å². The van der Waals surface area contributed by atoms with Gasteiger partial charge in [0.25, 0.3) is 5.56 Å². The zero-order valence-corrected chi connectivity index (χ0v) is 15.9. The highest BCUT2D eigenvalue weighted by molar-refractivity contribution is 7.18. The van der Waals surface area contributed by atoms with Crippen LogP contribution >= 0.6 is 34.5 Å². The summed E-state index contributed by atoms with van der Waals surface area (Å²) in [5.41, 5.74) is 1.77. The van der Waals surface area contributed by atoms with E-state index in [0.717, 1.165) is 31.2 Å². The number of benzene rings is 1. The molecule has 1 aliphatic rings. The lowest BCUT2D eigenvalue weighted by Crippen LogP contribution is -2.12. The standard InChI is InChI=1S/C19H13Cl2N3OS/c20-13-6-3-4-10(16(13)21)8-11(9-22)17-23-18(25)15-12-5-1-2-7-14(12)26-19(15)24-17/h3-4,6,8H,1-2,5,7H2,(H,23,24,25)/b11-8+. The van der Waals surface area contributed by atoms with Crippen molar-refractivity contribution in [1.82, 2.24) is 9.97 Å². The van der Waals surface area contributed by atoms with E-state index in [1.54, 1.807) is 35.6 Å². The molecule has 3 aromatic rings. The summed E-state index contributed by atoms with van der Waals surface area (Å²) in [6.07, 6.45) is 5.73. The van der Waals surface area contributed by atoms with Crippen LogP contribution in [0.25, 0.3) is 21.9 Å². The molecule has 0 unspecified atom stereocenters. The summed E-state index contributed by atoms with van der Waals surface area (Å²) in [6, 6.07) is 7.28. The molecule has 0 aliphatic heterocycles. The number of fused-ring (bicyclic) bond motifs is 3. The topological polar surface area (TPSA) is 69.5 Å². The van der Waals surface area contributed by atoms with E-state index in [9.17, 15) is 10.1 Å². The fraction of sp³-hybridized carbons (Fsp3) is 0.211. The van der Waals surface area contributed by atoms with Gasteiger partial charge in [0.1, 0.15) is 10.9 Å². The number of nitrogens with one attached hydrogen (secondary N) is 1. The number of aromatic nitrogens is 2. The summed E-state index contributed by atoms with van der Waals surface area (Å²) in [5.74, 6) is 0.250. The lowest BCUT2D eigenvalue weighted by atomic mass is 9.97. The van der Waals surface area contributed by atoms with Gasteiger partial charge in [0, 0.05) is 4.88 Å². The molecule has 1 N–H and O–H groups in total. The van der Waals surface area contributed by atoms with E-state index in [4.69, 9.17) is 23.2 Å². The molecule has 0 fully saturated rings. The van der Waals surface area contributed by atoms with Gasteiger partial charge >= 0.3 is 0 Å². The van der Waals surface area contributed by atoms with Gasteiger partial charge in [-0.1, -0.05) is 35.3 Å². The van der Waals surface area contributed by atoms with Gasteiger partial charge in [-0.15, -0.1) is 11.3 Å². The molecule has 4 rings (SSSR count). The van der Waals surface area contributed by atoms with Crippen LogP contribution in [0.5, 0.6) is 0 Å². The smallest absolute Gasteiger partial charge is 0.260 e. The number of aryl methyl sites for hydroxylation is 2. The third-order valence-corrected chi connectivity index (χ3v) is 6.50. The SMILES string of the molecule is N#C/C(=C\c1cccc(Cl)c1Cl)c1nc2sc3c(c2c(=O)[nH]1)CCCC3. The largest absolute Gasteiger partial charge is 0.305 e. The van der Waals surface area contributed by atoms with E-state index in [0.29, 0.717) is 25.8 Å². The average Bonchev–Trinajstić information content (AvgIpc) is 3.01. The highest BCUT2D eigenvalue weighted by atomic mass is 35.5. The van der Waals surface area contributed by atoms with Crippen molar-refractivity contribution in [2.24, 2.45) is 0 Å². The van der Waals surface area contributed by atoms with Crippen LogP contribution in [-0.4, -0.2) is 9.97 Å². The fourth-order valence-electron chi connectivity index (χ4n) is 3.23. The predicted molar refractivity (Wildman–Crippen MR) is 107 cm³/mol. The molecule has 1 aliphatic carbocycles. The lowest BCUT2D eigenvalue weighted by molar-refractivity contribution is 0.700. The molecule has 0 radical (unpaired) electrons. The number of halogens is 2. The minimum absolute atomic E-state index is 0.192. The molecular weight excluding hydrogens is 389 g/mol. The second-order valence-electron chi connectivity index (χ2n) is 6.12. The maximum Gasteiger partial charge on any atom is 0.260 e. The van der Waals surface area contributed by atoms with Crippen molar-refractivity contribution >= 4 is 56.4 Å². The summed E-state index contributed by atoms with van der Waals surface area (Å²) < 4.78 is 0. The van der Waals surface area contributed by atoms with Crippen molar-refractivity contribution in [3.8, 4) is 6.07 Å². The summed E-state index contributed by atoms with van der Waals surface area (Å²) in [4.78, 5) is 21.9. The lowest BCUT2D eigenvalue weighted by Gasteiger charge is -2.09. The van der Waals surface area contributed by atoms with E-state index in [-0.39, 0.29) is 17.0 Å². The maximum absolute atomic E-state index is 12.7. The monoisotopic (exact) mass is 401 g/mol. The van der Waals surface area contributed by atoms with E-state index in [1.807, 2.05) is 0 Å². The number of thiophene rings is 1. The van der Waals surface area contributed by atoms with Crippen LogP contribution in [0.1, 0.15) is 34.7 Å². The van der Waals surface area contributed by atoms with Gasteiger partial charge in [-0.25, -0.2) is 4.98 Å². The number of allylic oxidation sites excluding steroid dienone is 1. The number of hydrogen-bond donors (Lipinski definition) is 1. The van der Waals surface area contributed by atoms with Gasteiger partial charge in [0.05, 0.1) is 21.0 Å². The summed E-state index contributed by atoms with van der Waals surface area (Å²) in [7, 11) is 0. The Morgan fingerprint density at radius 1 is 1.31 bits per heavy atom. The van der Waals surface area contributed by atoms with E-state index in [1.165, 1.54) is 4.88 Å². The Balaban J connectivity index is 1.87. The summed E-state index contributed by atoms with van der Waals surface area (Å²) in [5, 5.41) is 11.0. The first-order valence-corrected chi connectivity index (χ1v) is 9.76. The first-order valence-electron chi connectivity index (χ1n) is 8.19. The highest BCUT2D eigenvalue weighted by Gasteiger charge is 2.20. The molecule has 4 nitrogen and oxygen atoms in total. The number of aromatic amines is 1. The van der Waals surface area contributed by atoms with Crippen LogP contribution < -0.4 is 5.56 Å². The highest BCUT2D eigenvalue weighted by Crippen LogP contribution is 2.34. The molecule has 0 bridgehead atoms. The van der Waals surface area contributed by atoms with Gasteiger partial charge in [-0.2, -0.15) is 5.26 Å². The normalized spacial score (nSPS) is 14.3. The van der Waals surface area contributed by atoms with Gasteiger partial charge < -0.3 is 4.98 Å². The van der Waals surface area contributed by atoms with Crippen molar-refractivity contribution in [3.05, 3.63) is 60.4 Å². The fourth-order valence-corrected chi connectivity index (χ4v) is 4.86. The molecule has 0 saturated heterocycles.